The van der Waals surface area contributed by atoms with Gasteiger partial charge in [-0.05, 0) is 55.7 Å². The molecule has 1 aliphatic rings. The lowest BCUT2D eigenvalue weighted by Crippen LogP contribution is -2.21. The lowest BCUT2D eigenvalue weighted by Gasteiger charge is -2.20. The molecule has 1 aromatic heterocycles. The van der Waals surface area contributed by atoms with E-state index < -0.39 is 5.91 Å². The zero-order valence-electron chi connectivity index (χ0n) is 15.1. The molecule has 2 N–H and O–H groups in total. The van der Waals surface area contributed by atoms with E-state index in [0.717, 1.165) is 30.8 Å². The smallest absolute Gasteiger partial charge is 0.338 e. The van der Waals surface area contributed by atoms with E-state index in [-0.39, 0.29) is 11.7 Å². The van der Waals surface area contributed by atoms with Crippen LogP contribution in [0.4, 0.5) is 5.69 Å². The summed E-state index contributed by atoms with van der Waals surface area (Å²) in [6, 6.07) is 9.35. The van der Waals surface area contributed by atoms with Gasteiger partial charge in [0.2, 0.25) is 0 Å². The highest BCUT2D eigenvalue weighted by molar-refractivity contribution is 5.91. The number of nitrogens with zero attached hydrogens (tertiary/aromatic N) is 2. The van der Waals surface area contributed by atoms with E-state index in [1.807, 2.05) is 24.3 Å². The second-order valence-electron chi connectivity index (χ2n) is 6.49. The number of anilines is 1. The van der Waals surface area contributed by atoms with Gasteiger partial charge in [-0.15, -0.1) is 0 Å². The van der Waals surface area contributed by atoms with Gasteiger partial charge in [-0.2, -0.15) is 0 Å². The first-order valence-electron chi connectivity index (χ1n) is 8.78. The summed E-state index contributed by atoms with van der Waals surface area (Å²) >= 11 is 0. The summed E-state index contributed by atoms with van der Waals surface area (Å²) < 4.78 is 5.11. The third-order valence-corrected chi connectivity index (χ3v) is 4.78. The van der Waals surface area contributed by atoms with Crippen molar-refractivity contribution in [3.8, 4) is 0 Å². The molecular weight excluding hydrogens is 330 g/mol. The standard InChI is InChI=1S/C20H23N3O3/c1-3-26-20(25)14-5-4-13(2)17(10-14)15-7-9-23(12-15)16-6-8-22-18(11-16)19(21)24/h4-6,8,10-11,15H,3,7,9,12H2,1-2H3,(H2,21,24). The molecule has 136 valence electrons. The van der Waals surface area contributed by atoms with Crippen LogP contribution in [0.5, 0.6) is 0 Å². The van der Waals surface area contributed by atoms with Crippen LogP contribution in [0.3, 0.4) is 0 Å². The van der Waals surface area contributed by atoms with Crippen molar-refractivity contribution >= 4 is 17.6 Å². The van der Waals surface area contributed by atoms with E-state index in [0.29, 0.717) is 18.1 Å². The molecule has 0 aliphatic carbocycles. The van der Waals surface area contributed by atoms with E-state index >= 15 is 0 Å². The fourth-order valence-corrected chi connectivity index (χ4v) is 3.42. The number of carbonyl (C=O) groups excluding carboxylic acids is 2. The highest BCUT2D eigenvalue weighted by Gasteiger charge is 2.26. The number of hydrogen-bond acceptors (Lipinski definition) is 5. The van der Waals surface area contributed by atoms with Crippen LogP contribution in [0.25, 0.3) is 0 Å². The Morgan fingerprint density at radius 1 is 1.31 bits per heavy atom. The third kappa shape index (κ3) is 3.69. The minimum Gasteiger partial charge on any atom is -0.462 e. The molecule has 1 aromatic carbocycles. The van der Waals surface area contributed by atoms with Crippen LogP contribution in [-0.4, -0.2) is 36.6 Å². The van der Waals surface area contributed by atoms with Crippen molar-refractivity contribution in [2.24, 2.45) is 5.73 Å². The number of aryl methyl sites for hydroxylation is 1. The van der Waals surface area contributed by atoms with Crippen molar-refractivity contribution in [3.63, 3.8) is 0 Å². The molecule has 0 spiro atoms. The molecule has 1 amide bonds. The molecule has 1 saturated heterocycles. The van der Waals surface area contributed by atoms with Crippen LogP contribution >= 0.6 is 0 Å². The number of nitrogens with two attached hydrogens (primary N) is 1. The van der Waals surface area contributed by atoms with E-state index in [2.05, 4.69) is 16.8 Å². The Balaban J connectivity index is 1.80. The normalized spacial score (nSPS) is 16.5. The Morgan fingerprint density at radius 2 is 2.12 bits per heavy atom. The Hall–Kier alpha value is -2.89. The number of carbonyl (C=O) groups is 2. The summed E-state index contributed by atoms with van der Waals surface area (Å²) in [6.45, 7) is 5.91. The number of ether oxygens (including phenoxy) is 1. The van der Waals surface area contributed by atoms with Crippen LogP contribution < -0.4 is 10.6 Å². The zero-order valence-corrected chi connectivity index (χ0v) is 15.1. The predicted octanol–water partition coefficient (Wildman–Crippen LogP) is 2.66. The van der Waals surface area contributed by atoms with Gasteiger partial charge in [-0.1, -0.05) is 6.07 Å². The summed E-state index contributed by atoms with van der Waals surface area (Å²) in [4.78, 5) is 29.6. The molecule has 1 aliphatic heterocycles. The maximum Gasteiger partial charge on any atom is 0.338 e. The molecule has 0 saturated carbocycles. The molecule has 2 heterocycles. The minimum absolute atomic E-state index is 0.270. The number of primary amides is 1. The lowest BCUT2D eigenvalue weighted by molar-refractivity contribution is 0.0526. The Labute approximate surface area is 153 Å². The zero-order chi connectivity index (χ0) is 18.7. The van der Waals surface area contributed by atoms with E-state index in [1.54, 1.807) is 19.2 Å². The van der Waals surface area contributed by atoms with Gasteiger partial charge in [0.1, 0.15) is 5.69 Å². The van der Waals surface area contributed by atoms with Crippen LogP contribution in [0, 0.1) is 6.92 Å². The predicted molar refractivity (Wildman–Crippen MR) is 99.5 cm³/mol. The second-order valence-corrected chi connectivity index (χ2v) is 6.49. The fraction of sp³-hybridized carbons (Fsp3) is 0.350. The first-order valence-corrected chi connectivity index (χ1v) is 8.78. The summed E-state index contributed by atoms with van der Waals surface area (Å²) in [5, 5.41) is 0. The lowest BCUT2D eigenvalue weighted by atomic mass is 9.92. The Morgan fingerprint density at radius 3 is 2.85 bits per heavy atom. The molecule has 0 bridgehead atoms. The minimum atomic E-state index is -0.527. The third-order valence-electron chi connectivity index (χ3n) is 4.78. The SMILES string of the molecule is CCOC(=O)c1ccc(C)c(C2CCN(c3ccnc(C(N)=O)c3)C2)c1. The molecule has 1 fully saturated rings. The van der Waals surface area contributed by atoms with Gasteiger partial charge in [0.15, 0.2) is 0 Å². The van der Waals surface area contributed by atoms with Gasteiger partial charge in [0.25, 0.3) is 5.91 Å². The van der Waals surface area contributed by atoms with Crippen LogP contribution in [0.1, 0.15) is 51.2 Å². The molecule has 1 unspecified atom stereocenters. The fourth-order valence-electron chi connectivity index (χ4n) is 3.42. The first kappa shape index (κ1) is 17.9. The van der Waals surface area contributed by atoms with Gasteiger partial charge in [-0.3, -0.25) is 9.78 Å². The van der Waals surface area contributed by atoms with Gasteiger partial charge in [0.05, 0.1) is 12.2 Å². The Kier molecular flexibility index (Phi) is 5.21. The van der Waals surface area contributed by atoms with E-state index in [4.69, 9.17) is 10.5 Å². The summed E-state index contributed by atoms with van der Waals surface area (Å²) in [5.41, 5.74) is 9.46. The van der Waals surface area contributed by atoms with Crippen molar-refractivity contribution < 1.29 is 14.3 Å². The number of aromatic nitrogens is 1. The molecule has 6 nitrogen and oxygen atoms in total. The highest BCUT2D eigenvalue weighted by Crippen LogP contribution is 2.33. The van der Waals surface area contributed by atoms with Crippen LogP contribution in [0.15, 0.2) is 36.5 Å². The van der Waals surface area contributed by atoms with Crippen LogP contribution in [0.2, 0.25) is 0 Å². The number of pyridine rings is 1. The van der Waals surface area contributed by atoms with Crippen molar-refractivity contribution in [1.82, 2.24) is 4.98 Å². The van der Waals surface area contributed by atoms with Crippen LogP contribution in [-0.2, 0) is 4.74 Å². The number of hydrogen-bond donors (Lipinski definition) is 1. The van der Waals surface area contributed by atoms with Gasteiger partial charge >= 0.3 is 5.97 Å². The van der Waals surface area contributed by atoms with Gasteiger partial charge < -0.3 is 15.4 Å². The van der Waals surface area contributed by atoms with Crippen molar-refractivity contribution in [2.75, 3.05) is 24.6 Å². The van der Waals surface area contributed by atoms with Gasteiger partial charge in [-0.25, -0.2) is 4.79 Å². The molecule has 6 heteroatoms. The number of amides is 1. The molecule has 2 aromatic rings. The van der Waals surface area contributed by atoms with E-state index in [1.165, 1.54) is 5.56 Å². The van der Waals surface area contributed by atoms with Crippen molar-refractivity contribution in [2.45, 2.75) is 26.2 Å². The van der Waals surface area contributed by atoms with Crippen molar-refractivity contribution in [3.05, 3.63) is 58.9 Å². The largest absolute Gasteiger partial charge is 0.462 e. The summed E-state index contributed by atoms with van der Waals surface area (Å²) in [7, 11) is 0. The molecular formula is C20H23N3O3. The first-order chi connectivity index (χ1) is 12.5. The number of benzene rings is 1. The summed E-state index contributed by atoms with van der Waals surface area (Å²) in [6.07, 6.45) is 2.58. The monoisotopic (exact) mass is 353 g/mol. The molecule has 0 radical (unpaired) electrons. The topological polar surface area (TPSA) is 85.5 Å². The maximum atomic E-state index is 12.0. The molecule has 1 atom stereocenters. The summed E-state index contributed by atoms with van der Waals surface area (Å²) in [5.74, 6) is -0.501. The number of esters is 1. The van der Waals surface area contributed by atoms with Gasteiger partial charge in [0, 0.05) is 30.9 Å². The quantitative estimate of drug-likeness (QED) is 0.835. The molecule has 3 rings (SSSR count). The number of rotatable bonds is 5. The second kappa shape index (κ2) is 7.56. The van der Waals surface area contributed by atoms with E-state index in [9.17, 15) is 9.59 Å². The Bertz CT molecular complexity index is 835. The average molecular weight is 353 g/mol. The highest BCUT2D eigenvalue weighted by atomic mass is 16.5. The van der Waals surface area contributed by atoms with Crippen molar-refractivity contribution in [1.29, 1.82) is 0 Å². The molecule has 26 heavy (non-hydrogen) atoms. The average Bonchev–Trinajstić information content (AvgIpc) is 3.12. The maximum absolute atomic E-state index is 12.0.